The molecule has 2 aromatic rings. The second-order valence-electron chi connectivity index (χ2n) is 11.0. The van der Waals surface area contributed by atoms with Gasteiger partial charge in [0.25, 0.3) is 0 Å². The molecule has 2 aromatic carbocycles. The van der Waals surface area contributed by atoms with Crippen LogP contribution in [-0.2, 0) is 12.8 Å². The summed E-state index contributed by atoms with van der Waals surface area (Å²) in [6.45, 7) is 2.29. The van der Waals surface area contributed by atoms with E-state index in [2.05, 4.69) is 6.92 Å². The lowest BCUT2D eigenvalue weighted by atomic mass is 9.90. The molecule has 0 saturated heterocycles. The molecular formula is C34H50O3. The average molecular weight is 507 g/mol. The van der Waals surface area contributed by atoms with Gasteiger partial charge in [-0.25, -0.2) is 4.79 Å². The van der Waals surface area contributed by atoms with Crippen LogP contribution >= 0.6 is 0 Å². The van der Waals surface area contributed by atoms with E-state index in [0.29, 0.717) is 17.7 Å². The number of aromatic carboxylic acids is 1. The minimum absolute atomic E-state index is 0.457. The molecule has 0 bridgehead atoms. The van der Waals surface area contributed by atoms with Crippen LogP contribution in [0, 0.1) is 0 Å². The Morgan fingerprint density at radius 3 is 1.73 bits per heavy atom. The standard InChI is InChI=1S/C34H50O3/c1-2-3-4-5-6-7-8-9-10-11-12-13-14-15-16-17-18-19-22-28-25-26-32-30(33(28)34(35)36)27-29-23-20-21-24-31(29)37-32/h20-21,23-26H,2-19,22,27H2,1H3,(H,35,36). The van der Waals surface area contributed by atoms with Crippen molar-refractivity contribution >= 4 is 5.97 Å². The van der Waals surface area contributed by atoms with Gasteiger partial charge in [0.1, 0.15) is 11.5 Å². The van der Waals surface area contributed by atoms with E-state index in [4.69, 9.17) is 4.74 Å². The fourth-order valence-electron chi connectivity index (χ4n) is 5.70. The van der Waals surface area contributed by atoms with E-state index in [1.807, 2.05) is 36.4 Å². The van der Waals surface area contributed by atoms with Crippen LogP contribution in [0.15, 0.2) is 36.4 Å². The summed E-state index contributed by atoms with van der Waals surface area (Å²) in [6, 6.07) is 11.8. The lowest BCUT2D eigenvalue weighted by Gasteiger charge is -2.23. The molecule has 1 N–H and O–H groups in total. The van der Waals surface area contributed by atoms with Gasteiger partial charge in [-0.1, -0.05) is 140 Å². The maximum absolute atomic E-state index is 12.1. The Kier molecular flexibility index (Phi) is 13.7. The molecule has 0 aliphatic carbocycles. The van der Waals surface area contributed by atoms with Gasteiger partial charge in [-0.05, 0) is 36.1 Å². The normalized spacial score (nSPS) is 12.1. The predicted octanol–water partition coefficient (Wildman–Crippen LogP) is 10.7. The minimum atomic E-state index is -0.836. The van der Waals surface area contributed by atoms with Gasteiger partial charge in [-0.3, -0.25) is 0 Å². The molecule has 37 heavy (non-hydrogen) atoms. The highest BCUT2D eigenvalue weighted by molar-refractivity contribution is 5.92. The second kappa shape index (κ2) is 17.3. The highest BCUT2D eigenvalue weighted by Gasteiger charge is 2.24. The maximum atomic E-state index is 12.1. The topological polar surface area (TPSA) is 46.5 Å². The summed E-state index contributed by atoms with van der Waals surface area (Å²) in [5, 5.41) is 9.97. The summed E-state index contributed by atoms with van der Waals surface area (Å²) < 4.78 is 6.00. The molecule has 0 unspecified atom stereocenters. The summed E-state index contributed by atoms with van der Waals surface area (Å²) in [4.78, 5) is 12.1. The van der Waals surface area contributed by atoms with Crippen molar-refractivity contribution in [1.29, 1.82) is 0 Å². The third-order valence-electron chi connectivity index (χ3n) is 7.93. The third kappa shape index (κ3) is 10.2. The van der Waals surface area contributed by atoms with Crippen LogP contribution in [0.3, 0.4) is 0 Å². The van der Waals surface area contributed by atoms with Crippen molar-refractivity contribution in [1.82, 2.24) is 0 Å². The molecule has 1 heterocycles. The van der Waals surface area contributed by atoms with Crippen LogP contribution in [0.4, 0.5) is 0 Å². The number of carbonyl (C=O) groups is 1. The number of para-hydroxylation sites is 1. The van der Waals surface area contributed by atoms with Crippen LogP contribution in [0.2, 0.25) is 0 Å². The monoisotopic (exact) mass is 506 g/mol. The third-order valence-corrected chi connectivity index (χ3v) is 7.93. The fourth-order valence-corrected chi connectivity index (χ4v) is 5.70. The number of benzene rings is 2. The molecular weight excluding hydrogens is 456 g/mol. The van der Waals surface area contributed by atoms with Gasteiger partial charge in [0.15, 0.2) is 0 Å². The van der Waals surface area contributed by atoms with Crippen molar-refractivity contribution < 1.29 is 14.6 Å². The Labute approximate surface area is 226 Å². The molecule has 0 amide bonds. The zero-order valence-corrected chi connectivity index (χ0v) is 23.4. The van der Waals surface area contributed by atoms with E-state index >= 15 is 0 Å². The van der Waals surface area contributed by atoms with Crippen molar-refractivity contribution in [2.45, 2.75) is 135 Å². The number of hydrogen-bond acceptors (Lipinski definition) is 2. The Hall–Kier alpha value is -2.29. The molecule has 0 atom stereocenters. The molecule has 1 aliphatic heterocycles. The average Bonchev–Trinajstić information content (AvgIpc) is 2.90. The molecule has 0 fully saturated rings. The van der Waals surface area contributed by atoms with E-state index in [0.717, 1.165) is 35.3 Å². The molecule has 0 saturated carbocycles. The van der Waals surface area contributed by atoms with E-state index in [1.54, 1.807) is 0 Å². The van der Waals surface area contributed by atoms with Gasteiger partial charge < -0.3 is 9.84 Å². The zero-order valence-electron chi connectivity index (χ0n) is 23.4. The smallest absolute Gasteiger partial charge is 0.336 e. The molecule has 0 aromatic heterocycles. The predicted molar refractivity (Wildman–Crippen MR) is 155 cm³/mol. The fraction of sp³-hybridized carbons (Fsp3) is 0.618. The van der Waals surface area contributed by atoms with Gasteiger partial charge in [0.2, 0.25) is 0 Å². The summed E-state index contributed by atoms with van der Waals surface area (Å²) >= 11 is 0. The number of fused-ring (bicyclic) bond motifs is 2. The number of carboxylic acid groups (broad SMARTS) is 1. The Morgan fingerprint density at radius 2 is 1.19 bits per heavy atom. The van der Waals surface area contributed by atoms with Crippen molar-refractivity contribution in [3.63, 3.8) is 0 Å². The summed E-state index contributed by atoms with van der Waals surface area (Å²) in [7, 11) is 0. The summed E-state index contributed by atoms with van der Waals surface area (Å²) in [5.74, 6) is 0.692. The number of carboxylic acids is 1. The molecule has 204 valence electrons. The first-order valence-electron chi connectivity index (χ1n) is 15.3. The Bertz CT molecular complexity index is 933. The second-order valence-corrected chi connectivity index (χ2v) is 11.0. The molecule has 0 spiro atoms. The first kappa shape index (κ1) is 29.3. The van der Waals surface area contributed by atoms with E-state index < -0.39 is 5.97 Å². The van der Waals surface area contributed by atoms with Crippen molar-refractivity contribution in [3.8, 4) is 11.5 Å². The number of rotatable bonds is 20. The number of hydrogen-bond donors (Lipinski definition) is 1. The lowest BCUT2D eigenvalue weighted by molar-refractivity contribution is 0.0694. The van der Waals surface area contributed by atoms with E-state index in [9.17, 15) is 9.90 Å². The van der Waals surface area contributed by atoms with Crippen LogP contribution in [0.5, 0.6) is 11.5 Å². The van der Waals surface area contributed by atoms with Gasteiger partial charge >= 0.3 is 5.97 Å². The first-order chi connectivity index (χ1) is 18.2. The molecule has 1 aliphatic rings. The van der Waals surface area contributed by atoms with Gasteiger partial charge in [0.05, 0.1) is 5.56 Å². The summed E-state index contributed by atoms with van der Waals surface area (Å²) in [5.41, 5.74) is 3.29. The minimum Gasteiger partial charge on any atom is -0.478 e. The van der Waals surface area contributed by atoms with E-state index in [-0.39, 0.29) is 0 Å². The van der Waals surface area contributed by atoms with Crippen LogP contribution < -0.4 is 4.74 Å². The highest BCUT2D eigenvalue weighted by Crippen LogP contribution is 2.39. The highest BCUT2D eigenvalue weighted by atomic mass is 16.5. The largest absolute Gasteiger partial charge is 0.478 e. The molecule has 3 heteroatoms. The van der Waals surface area contributed by atoms with Crippen LogP contribution in [0.1, 0.15) is 150 Å². The van der Waals surface area contributed by atoms with Crippen molar-refractivity contribution in [2.75, 3.05) is 0 Å². The van der Waals surface area contributed by atoms with Gasteiger partial charge in [0, 0.05) is 12.0 Å². The van der Waals surface area contributed by atoms with E-state index in [1.165, 1.54) is 109 Å². The Balaban J connectivity index is 1.22. The van der Waals surface area contributed by atoms with Crippen molar-refractivity contribution in [3.05, 3.63) is 58.7 Å². The Morgan fingerprint density at radius 1 is 0.676 bits per heavy atom. The quantitative estimate of drug-likeness (QED) is 0.155. The molecule has 3 rings (SSSR count). The summed E-state index contributed by atoms with van der Waals surface area (Å²) in [6.07, 6.45) is 26.0. The molecule has 3 nitrogen and oxygen atoms in total. The zero-order chi connectivity index (χ0) is 26.1. The van der Waals surface area contributed by atoms with Gasteiger partial charge in [-0.15, -0.1) is 0 Å². The number of ether oxygens (including phenoxy) is 1. The first-order valence-corrected chi connectivity index (χ1v) is 15.3. The van der Waals surface area contributed by atoms with Crippen molar-refractivity contribution in [2.24, 2.45) is 0 Å². The lowest BCUT2D eigenvalue weighted by Crippen LogP contribution is -2.12. The van der Waals surface area contributed by atoms with Gasteiger partial charge in [-0.2, -0.15) is 0 Å². The number of unbranched alkanes of at least 4 members (excludes halogenated alkanes) is 17. The van der Waals surface area contributed by atoms with Crippen LogP contribution in [-0.4, -0.2) is 11.1 Å². The molecule has 0 radical (unpaired) electrons. The maximum Gasteiger partial charge on any atom is 0.336 e. The SMILES string of the molecule is CCCCCCCCCCCCCCCCCCCCc1ccc2c(c1C(=O)O)Cc1ccccc1O2. The number of aryl methyl sites for hydroxylation is 1. The van der Waals surface area contributed by atoms with Crippen LogP contribution in [0.25, 0.3) is 0 Å².